The van der Waals surface area contributed by atoms with Gasteiger partial charge in [0, 0.05) is 0 Å². The Morgan fingerprint density at radius 2 is 2.29 bits per heavy atom. The highest BCUT2D eigenvalue weighted by atomic mass is 16.5. The smallest absolute Gasteiger partial charge is 0.265 e. The van der Waals surface area contributed by atoms with Crippen molar-refractivity contribution in [1.82, 2.24) is 5.32 Å². The van der Waals surface area contributed by atoms with Gasteiger partial charge in [-0.15, -0.1) is 0 Å². The number of anilines is 1. The van der Waals surface area contributed by atoms with E-state index in [0.717, 1.165) is 6.42 Å². The van der Waals surface area contributed by atoms with E-state index in [9.17, 15) is 14.9 Å². The summed E-state index contributed by atoms with van der Waals surface area (Å²) < 4.78 is 5.54. The number of carbonyl (C=O) groups is 2. The zero-order valence-corrected chi connectivity index (χ0v) is 11.6. The lowest BCUT2D eigenvalue weighted by Gasteiger charge is -2.36. The maximum atomic E-state index is 12.4. The van der Waals surface area contributed by atoms with Gasteiger partial charge in [-0.05, 0) is 38.3 Å². The van der Waals surface area contributed by atoms with E-state index < -0.39 is 11.6 Å². The molecule has 3 rings (SSSR count). The van der Waals surface area contributed by atoms with Gasteiger partial charge in [0.15, 0.2) is 11.9 Å². The highest BCUT2D eigenvalue weighted by molar-refractivity contribution is 6.04. The van der Waals surface area contributed by atoms with Crippen molar-refractivity contribution in [2.75, 3.05) is 5.32 Å². The zero-order valence-electron chi connectivity index (χ0n) is 11.6. The van der Waals surface area contributed by atoms with Crippen molar-refractivity contribution < 1.29 is 14.3 Å². The van der Waals surface area contributed by atoms with E-state index in [-0.39, 0.29) is 11.8 Å². The second-order valence-electron chi connectivity index (χ2n) is 5.43. The highest BCUT2D eigenvalue weighted by Crippen LogP contribution is 2.35. The first kappa shape index (κ1) is 13.4. The number of carbonyl (C=O) groups excluding carboxylic acids is 2. The standard InChI is InChI=1S/C15H15N3O3/c1-9-13(19)17-11-5-2-4-10(12(11)21-9)14(20)18-15(8-16)6-3-7-15/h2,4-5,9H,3,6-7H2,1H3,(H,17,19)(H,18,20)/t9-/m0/s1. The van der Waals surface area contributed by atoms with Crippen molar-refractivity contribution in [2.24, 2.45) is 0 Å². The fraction of sp³-hybridized carbons (Fsp3) is 0.400. The van der Waals surface area contributed by atoms with E-state index in [4.69, 9.17) is 4.74 Å². The molecule has 2 N–H and O–H groups in total. The van der Waals surface area contributed by atoms with Gasteiger partial charge >= 0.3 is 0 Å². The first-order valence-electron chi connectivity index (χ1n) is 6.89. The summed E-state index contributed by atoms with van der Waals surface area (Å²) in [5.74, 6) is -0.237. The number of nitrogens with zero attached hydrogens (tertiary/aromatic N) is 1. The molecule has 1 aliphatic heterocycles. The van der Waals surface area contributed by atoms with Crippen LogP contribution in [0.25, 0.3) is 0 Å². The van der Waals surface area contributed by atoms with Crippen molar-refractivity contribution in [3.8, 4) is 11.8 Å². The lowest BCUT2D eigenvalue weighted by atomic mass is 9.78. The van der Waals surface area contributed by atoms with Crippen molar-refractivity contribution in [1.29, 1.82) is 5.26 Å². The molecule has 108 valence electrons. The number of nitrogens with one attached hydrogen (secondary N) is 2. The van der Waals surface area contributed by atoms with Crippen LogP contribution in [-0.2, 0) is 4.79 Å². The predicted octanol–water partition coefficient (Wildman–Crippen LogP) is 1.58. The van der Waals surface area contributed by atoms with E-state index >= 15 is 0 Å². The van der Waals surface area contributed by atoms with Gasteiger partial charge in [0.2, 0.25) is 0 Å². The van der Waals surface area contributed by atoms with Crippen LogP contribution < -0.4 is 15.4 Å². The molecule has 1 aliphatic carbocycles. The van der Waals surface area contributed by atoms with Gasteiger partial charge < -0.3 is 15.4 Å². The Bertz CT molecular complexity index is 659. The number of benzene rings is 1. The minimum Gasteiger partial charge on any atom is -0.478 e. The molecule has 0 radical (unpaired) electrons. The Hall–Kier alpha value is -2.55. The van der Waals surface area contributed by atoms with E-state index in [1.807, 2.05) is 0 Å². The molecule has 1 saturated carbocycles. The maximum Gasteiger partial charge on any atom is 0.265 e. The van der Waals surface area contributed by atoms with Gasteiger partial charge in [-0.25, -0.2) is 0 Å². The second-order valence-corrected chi connectivity index (χ2v) is 5.43. The van der Waals surface area contributed by atoms with E-state index in [1.165, 1.54) is 0 Å². The molecule has 1 fully saturated rings. The summed E-state index contributed by atoms with van der Waals surface area (Å²) in [6, 6.07) is 7.15. The molecule has 0 spiro atoms. The third-order valence-electron chi connectivity index (χ3n) is 3.96. The van der Waals surface area contributed by atoms with Gasteiger partial charge in [-0.3, -0.25) is 9.59 Å². The minimum absolute atomic E-state index is 0.243. The summed E-state index contributed by atoms with van der Waals surface area (Å²) in [6.45, 7) is 1.62. The van der Waals surface area contributed by atoms with Crippen LogP contribution in [0.5, 0.6) is 5.75 Å². The quantitative estimate of drug-likeness (QED) is 0.863. The molecule has 0 aromatic heterocycles. The molecular formula is C15H15N3O3. The van der Waals surface area contributed by atoms with Gasteiger partial charge in [0.1, 0.15) is 5.54 Å². The molecule has 1 aromatic rings. The molecule has 1 heterocycles. The molecule has 1 atom stereocenters. The largest absolute Gasteiger partial charge is 0.478 e. The predicted molar refractivity (Wildman–Crippen MR) is 74.8 cm³/mol. The number of nitriles is 1. The summed E-state index contributed by atoms with van der Waals surface area (Å²) in [7, 11) is 0. The topological polar surface area (TPSA) is 91.2 Å². The highest BCUT2D eigenvalue weighted by Gasteiger charge is 2.39. The number of para-hydroxylation sites is 1. The molecular weight excluding hydrogens is 270 g/mol. The number of hydrogen-bond acceptors (Lipinski definition) is 4. The SMILES string of the molecule is C[C@@H]1Oc2c(cccc2C(=O)NC2(C#N)CCC2)NC1=O. The Morgan fingerprint density at radius 3 is 2.90 bits per heavy atom. The van der Waals surface area contributed by atoms with Gasteiger partial charge in [0.05, 0.1) is 17.3 Å². The Morgan fingerprint density at radius 1 is 1.52 bits per heavy atom. The van der Waals surface area contributed by atoms with Crippen LogP contribution in [0, 0.1) is 11.3 Å². The van der Waals surface area contributed by atoms with Gasteiger partial charge in [-0.1, -0.05) is 6.07 Å². The average molecular weight is 285 g/mol. The Labute approximate surface area is 122 Å². The molecule has 21 heavy (non-hydrogen) atoms. The van der Waals surface area contributed by atoms with Crippen LogP contribution in [0.4, 0.5) is 5.69 Å². The fourth-order valence-electron chi connectivity index (χ4n) is 2.49. The molecule has 6 heteroatoms. The Balaban J connectivity index is 1.90. The zero-order chi connectivity index (χ0) is 15.0. The summed E-state index contributed by atoms with van der Waals surface area (Å²) in [5.41, 5.74) is 0.0508. The van der Waals surface area contributed by atoms with Crippen LogP contribution in [0.3, 0.4) is 0 Å². The van der Waals surface area contributed by atoms with E-state index in [1.54, 1.807) is 25.1 Å². The first-order valence-corrected chi connectivity index (χ1v) is 6.89. The first-order chi connectivity index (χ1) is 10.0. The monoisotopic (exact) mass is 285 g/mol. The molecule has 0 unspecified atom stereocenters. The molecule has 2 amide bonds. The van der Waals surface area contributed by atoms with E-state index in [2.05, 4.69) is 16.7 Å². The maximum absolute atomic E-state index is 12.4. The number of ether oxygens (including phenoxy) is 1. The normalized spacial score (nSPS) is 21.9. The van der Waals surface area contributed by atoms with Crippen molar-refractivity contribution >= 4 is 17.5 Å². The fourth-order valence-corrected chi connectivity index (χ4v) is 2.49. The lowest BCUT2D eigenvalue weighted by molar-refractivity contribution is -0.122. The molecule has 0 saturated heterocycles. The van der Waals surface area contributed by atoms with Crippen LogP contribution in [-0.4, -0.2) is 23.5 Å². The average Bonchev–Trinajstić information content (AvgIpc) is 2.43. The van der Waals surface area contributed by atoms with E-state index in [0.29, 0.717) is 29.8 Å². The summed E-state index contributed by atoms with van der Waals surface area (Å²) in [4.78, 5) is 24.0. The van der Waals surface area contributed by atoms with Gasteiger partial charge in [0.25, 0.3) is 11.8 Å². The number of hydrogen-bond donors (Lipinski definition) is 2. The van der Waals surface area contributed by atoms with Crippen LogP contribution in [0.1, 0.15) is 36.5 Å². The van der Waals surface area contributed by atoms with Crippen molar-refractivity contribution in [2.45, 2.75) is 37.8 Å². The number of fused-ring (bicyclic) bond motifs is 1. The summed E-state index contributed by atoms with van der Waals surface area (Å²) in [6.07, 6.45) is 1.61. The van der Waals surface area contributed by atoms with Gasteiger partial charge in [-0.2, -0.15) is 5.26 Å². The van der Waals surface area contributed by atoms with Crippen molar-refractivity contribution in [3.63, 3.8) is 0 Å². The summed E-state index contributed by atoms with van der Waals surface area (Å²) in [5, 5.41) is 14.7. The summed E-state index contributed by atoms with van der Waals surface area (Å²) >= 11 is 0. The Kier molecular flexibility index (Phi) is 3.05. The number of rotatable bonds is 2. The molecule has 0 bridgehead atoms. The number of amides is 2. The third kappa shape index (κ3) is 2.21. The van der Waals surface area contributed by atoms with Crippen LogP contribution in [0.2, 0.25) is 0 Å². The van der Waals surface area contributed by atoms with Crippen molar-refractivity contribution in [3.05, 3.63) is 23.8 Å². The molecule has 6 nitrogen and oxygen atoms in total. The minimum atomic E-state index is -0.761. The molecule has 2 aliphatic rings. The van der Waals surface area contributed by atoms with Crippen LogP contribution in [0.15, 0.2) is 18.2 Å². The second kappa shape index (κ2) is 4.77. The third-order valence-corrected chi connectivity index (χ3v) is 3.96. The molecule has 1 aromatic carbocycles. The lowest BCUT2D eigenvalue weighted by Crippen LogP contribution is -2.52. The van der Waals surface area contributed by atoms with Crippen LogP contribution >= 0.6 is 0 Å².